The van der Waals surface area contributed by atoms with Crippen LogP contribution in [-0.2, 0) is 0 Å². The zero-order chi connectivity index (χ0) is 10.8. The summed E-state index contributed by atoms with van der Waals surface area (Å²) in [6.07, 6.45) is 4.23. The summed E-state index contributed by atoms with van der Waals surface area (Å²) in [4.78, 5) is 0. The third kappa shape index (κ3) is 2.42. The van der Waals surface area contributed by atoms with Crippen LogP contribution < -0.4 is 0 Å². The zero-order valence-electron chi connectivity index (χ0n) is 10.2. The van der Waals surface area contributed by atoms with Crippen molar-refractivity contribution in [3.8, 4) is 0 Å². The van der Waals surface area contributed by atoms with Crippen molar-refractivity contribution in [3.05, 3.63) is 35.4 Å². The summed E-state index contributed by atoms with van der Waals surface area (Å²) < 4.78 is 0. The molecule has 0 saturated heterocycles. The fraction of sp³-hybridized carbons (Fsp3) is 0.600. The second-order valence-corrected chi connectivity index (χ2v) is 5.42. The van der Waals surface area contributed by atoms with Crippen LogP contribution in [-0.4, -0.2) is 0 Å². The molecule has 1 aromatic carbocycles. The molecule has 0 N–H and O–H groups in total. The molecular formula is C15H22. The van der Waals surface area contributed by atoms with E-state index in [1.54, 1.807) is 5.56 Å². The number of hydrogen-bond acceptors (Lipinski definition) is 0. The first-order valence-corrected chi connectivity index (χ1v) is 6.23. The number of rotatable bonds is 2. The van der Waals surface area contributed by atoms with Crippen molar-refractivity contribution < 1.29 is 0 Å². The number of aryl methyl sites for hydroxylation is 1. The highest BCUT2D eigenvalue weighted by molar-refractivity contribution is 5.25. The standard InChI is InChI=1S/C15H22/c1-11(2)14-8-9-15(10-14)13-6-4-12(3)5-7-13/h4-7,11,14-15H,8-10H2,1-3H3. The van der Waals surface area contributed by atoms with Crippen LogP contribution in [0.4, 0.5) is 0 Å². The van der Waals surface area contributed by atoms with Crippen molar-refractivity contribution in [2.45, 2.75) is 46.0 Å². The van der Waals surface area contributed by atoms with E-state index in [9.17, 15) is 0 Å². The summed E-state index contributed by atoms with van der Waals surface area (Å²) in [6.45, 7) is 6.89. The summed E-state index contributed by atoms with van der Waals surface area (Å²) in [6, 6.07) is 9.14. The van der Waals surface area contributed by atoms with Gasteiger partial charge >= 0.3 is 0 Å². The minimum Gasteiger partial charge on any atom is -0.0625 e. The molecule has 15 heavy (non-hydrogen) atoms. The van der Waals surface area contributed by atoms with E-state index >= 15 is 0 Å². The molecule has 0 amide bonds. The zero-order valence-corrected chi connectivity index (χ0v) is 10.2. The van der Waals surface area contributed by atoms with Gasteiger partial charge in [0, 0.05) is 0 Å². The van der Waals surface area contributed by atoms with Crippen LogP contribution >= 0.6 is 0 Å². The summed E-state index contributed by atoms with van der Waals surface area (Å²) >= 11 is 0. The molecule has 2 unspecified atom stereocenters. The average molecular weight is 202 g/mol. The van der Waals surface area contributed by atoms with Gasteiger partial charge in [0.05, 0.1) is 0 Å². The number of hydrogen-bond donors (Lipinski definition) is 0. The Labute approximate surface area is 93.7 Å². The van der Waals surface area contributed by atoms with Gasteiger partial charge in [-0.3, -0.25) is 0 Å². The molecule has 2 atom stereocenters. The van der Waals surface area contributed by atoms with Crippen LogP contribution in [0.25, 0.3) is 0 Å². The Morgan fingerprint density at radius 1 is 1.07 bits per heavy atom. The quantitative estimate of drug-likeness (QED) is 0.660. The van der Waals surface area contributed by atoms with E-state index in [1.165, 1.54) is 24.8 Å². The smallest absolute Gasteiger partial charge is 0.0159 e. The van der Waals surface area contributed by atoms with Gasteiger partial charge in [0.25, 0.3) is 0 Å². The van der Waals surface area contributed by atoms with Gasteiger partial charge in [0.1, 0.15) is 0 Å². The monoisotopic (exact) mass is 202 g/mol. The van der Waals surface area contributed by atoms with Crippen molar-refractivity contribution in [1.82, 2.24) is 0 Å². The van der Waals surface area contributed by atoms with Gasteiger partial charge in [-0.2, -0.15) is 0 Å². The molecule has 1 aliphatic rings. The summed E-state index contributed by atoms with van der Waals surface area (Å²) in [5.41, 5.74) is 2.93. The van der Waals surface area contributed by atoms with E-state index < -0.39 is 0 Å². The fourth-order valence-corrected chi connectivity index (χ4v) is 2.76. The lowest BCUT2D eigenvalue weighted by Gasteiger charge is -2.15. The molecule has 0 nitrogen and oxygen atoms in total. The fourth-order valence-electron chi connectivity index (χ4n) is 2.76. The van der Waals surface area contributed by atoms with Gasteiger partial charge < -0.3 is 0 Å². The lowest BCUT2D eigenvalue weighted by atomic mass is 9.91. The van der Waals surface area contributed by atoms with Gasteiger partial charge in [0.2, 0.25) is 0 Å². The SMILES string of the molecule is Cc1ccc(C2CCC(C(C)C)C2)cc1. The van der Waals surface area contributed by atoms with E-state index in [2.05, 4.69) is 45.0 Å². The number of benzene rings is 1. The molecule has 0 radical (unpaired) electrons. The Kier molecular flexibility index (Phi) is 3.14. The Bertz CT molecular complexity index is 307. The lowest BCUT2D eigenvalue weighted by molar-refractivity contribution is 0.391. The van der Waals surface area contributed by atoms with Crippen molar-refractivity contribution in [2.24, 2.45) is 11.8 Å². The Morgan fingerprint density at radius 2 is 1.73 bits per heavy atom. The van der Waals surface area contributed by atoms with E-state index in [4.69, 9.17) is 0 Å². The maximum atomic E-state index is 2.36. The Hall–Kier alpha value is -0.780. The molecule has 0 aliphatic heterocycles. The van der Waals surface area contributed by atoms with E-state index in [1.807, 2.05) is 0 Å². The van der Waals surface area contributed by atoms with Crippen LogP contribution in [0.5, 0.6) is 0 Å². The van der Waals surface area contributed by atoms with Crippen LogP contribution in [0.1, 0.15) is 50.2 Å². The van der Waals surface area contributed by atoms with Gasteiger partial charge in [-0.25, -0.2) is 0 Å². The Morgan fingerprint density at radius 3 is 2.27 bits per heavy atom. The highest BCUT2D eigenvalue weighted by Gasteiger charge is 2.27. The highest BCUT2D eigenvalue weighted by atomic mass is 14.3. The van der Waals surface area contributed by atoms with Gasteiger partial charge in [-0.1, -0.05) is 43.7 Å². The van der Waals surface area contributed by atoms with Crippen molar-refractivity contribution in [2.75, 3.05) is 0 Å². The summed E-state index contributed by atoms with van der Waals surface area (Å²) in [5.74, 6) is 2.65. The Balaban J connectivity index is 2.04. The second kappa shape index (κ2) is 4.38. The average Bonchev–Trinajstić information content (AvgIpc) is 2.68. The molecule has 1 aliphatic carbocycles. The molecule has 0 aromatic heterocycles. The molecule has 1 aromatic rings. The third-order valence-corrected chi connectivity index (χ3v) is 3.96. The van der Waals surface area contributed by atoms with Crippen molar-refractivity contribution >= 4 is 0 Å². The van der Waals surface area contributed by atoms with Crippen LogP contribution in [0.3, 0.4) is 0 Å². The molecule has 82 valence electrons. The molecule has 1 saturated carbocycles. The van der Waals surface area contributed by atoms with Crippen molar-refractivity contribution in [3.63, 3.8) is 0 Å². The molecule has 0 heterocycles. The van der Waals surface area contributed by atoms with Crippen LogP contribution in [0, 0.1) is 18.8 Å². The largest absolute Gasteiger partial charge is 0.0625 e. The predicted octanol–water partition coefficient (Wildman–Crippen LogP) is 4.53. The van der Waals surface area contributed by atoms with Gasteiger partial charge in [0.15, 0.2) is 0 Å². The second-order valence-electron chi connectivity index (χ2n) is 5.42. The molecular weight excluding hydrogens is 180 g/mol. The van der Waals surface area contributed by atoms with Crippen molar-refractivity contribution in [1.29, 1.82) is 0 Å². The van der Waals surface area contributed by atoms with Crippen LogP contribution in [0.2, 0.25) is 0 Å². The van der Waals surface area contributed by atoms with E-state index in [-0.39, 0.29) is 0 Å². The maximum absolute atomic E-state index is 2.36. The predicted molar refractivity (Wildman–Crippen MR) is 66.1 cm³/mol. The molecule has 1 fully saturated rings. The van der Waals surface area contributed by atoms with Gasteiger partial charge in [-0.05, 0) is 49.5 Å². The minimum absolute atomic E-state index is 0.831. The minimum atomic E-state index is 0.831. The normalized spacial score (nSPS) is 26.1. The molecule has 0 spiro atoms. The highest BCUT2D eigenvalue weighted by Crippen LogP contribution is 2.41. The molecule has 0 heteroatoms. The van der Waals surface area contributed by atoms with E-state index in [0.29, 0.717) is 0 Å². The summed E-state index contributed by atoms with van der Waals surface area (Å²) in [7, 11) is 0. The molecule has 0 bridgehead atoms. The lowest BCUT2D eigenvalue weighted by Crippen LogP contribution is -2.03. The maximum Gasteiger partial charge on any atom is -0.0159 e. The first-order valence-electron chi connectivity index (χ1n) is 6.23. The third-order valence-electron chi connectivity index (χ3n) is 3.96. The van der Waals surface area contributed by atoms with Gasteiger partial charge in [-0.15, -0.1) is 0 Å². The first-order chi connectivity index (χ1) is 7.16. The molecule has 2 rings (SSSR count). The summed E-state index contributed by atoms with van der Waals surface area (Å²) in [5, 5.41) is 0. The topological polar surface area (TPSA) is 0 Å². The van der Waals surface area contributed by atoms with E-state index in [0.717, 1.165) is 17.8 Å². The first kappa shape index (κ1) is 10.7. The van der Waals surface area contributed by atoms with Crippen LogP contribution in [0.15, 0.2) is 24.3 Å².